The van der Waals surface area contributed by atoms with E-state index in [2.05, 4.69) is 17.1 Å². The van der Waals surface area contributed by atoms with Crippen molar-refractivity contribution in [3.63, 3.8) is 0 Å². The molecule has 1 fully saturated rings. The third-order valence-electron chi connectivity index (χ3n) is 3.44. The average molecular weight is 244 g/mol. The van der Waals surface area contributed by atoms with Gasteiger partial charge >= 0.3 is 0 Å². The Morgan fingerprint density at radius 2 is 2.35 bits per heavy atom. The molecule has 1 heterocycles. The number of piperidine rings is 1. The molecule has 2 unspecified atom stereocenters. The van der Waals surface area contributed by atoms with Crippen LogP contribution in [-0.2, 0) is 4.74 Å². The zero-order chi connectivity index (χ0) is 12.5. The Bertz CT molecular complexity index is 186. The molecular formula is C13H28N2O2. The largest absolute Gasteiger partial charge is 0.395 e. The van der Waals surface area contributed by atoms with E-state index in [1.807, 2.05) is 7.05 Å². The highest BCUT2D eigenvalue weighted by Crippen LogP contribution is 2.14. The van der Waals surface area contributed by atoms with Crippen LogP contribution in [0.4, 0.5) is 0 Å². The Kier molecular flexibility index (Phi) is 7.77. The number of rotatable bonds is 8. The van der Waals surface area contributed by atoms with Gasteiger partial charge in [-0.3, -0.25) is 0 Å². The van der Waals surface area contributed by atoms with Gasteiger partial charge in [-0.15, -0.1) is 0 Å². The van der Waals surface area contributed by atoms with Gasteiger partial charge in [0.15, 0.2) is 0 Å². The lowest BCUT2D eigenvalue weighted by atomic mass is 10.1. The summed E-state index contributed by atoms with van der Waals surface area (Å²) in [4.78, 5) is 2.46. The fourth-order valence-corrected chi connectivity index (χ4v) is 2.30. The van der Waals surface area contributed by atoms with Gasteiger partial charge in [0.1, 0.15) is 0 Å². The summed E-state index contributed by atoms with van der Waals surface area (Å²) in [7, 11) is 1.91. The van der Waals surface area contributed by atoms with E-state index >= 15 is 0 Å². The fourth-order valence-electron chi connectivity index (χ4n) is 2.30. The first kappa shape index (κ1) is 14.9. The lowest BCUT2D eigenvalue weighted by Gasteiger charge is -2.33. The normalized spacial score (nSPS) is 23.8. The van der Waals surface area contributed by atoms with Gasteiger partial charge in [-0.25, -0.2) is 0 Å². The molecule has 1 saturated heterocycles. The van der Waals surface area contributed by atoms with E-state index in [1.54, 1.807) is 0 Å². The third kappa shape index (κ3) is 5.82. The second kappa shape index (κ2) is 8.86. The van der Waals surface area contributed by atoms with E-state index in [9.17, 15) is 0 Å². The van der Waals surface area contributed by atoms with Crippen molar-refractivity contribution in [3.8, 4) is 0 Å². The minimum atomic E-state index is 0.222. The first-order valence-corrected chi connectivity index (χ1v) is 6.92. The Hall–Kier alpha value is -0.160. The molecule has 1 aliphatic heterocycles. The molecule has 17 heavy (non-hydrogen) atoms. The minimum Gasteiger partial charge on any atom is -0.395 e. The topological polar surface area (TPSA) is 44.7 Å². The first-order chi connectivity index (χ1) is 8.30. The molecule has 0 aromatic rings. The van der Waals surface area contributed by atoms with Gasteiger partial charge in [0, 0.05) is 19.2 Å². The van der Waals surface area contributed by atoms with Crippen molar-refractivity contribution < 1.29 is 9.84 Å². The van der Waals surface area contributed by atoms with Crippen LogP contribution >= 0.6 is 0 Å². The van der Waals surface area contributed by atoms with Crippen LogP contribution in [0.2, 0.25) is 0 Å². The Labute approximate surface area is 105 Å². The van der Waals surface area contributed by atoms with Crippen LogP contribution in [0, 0.1) is 0 Å². The number of nitrogens with zero attached hydrogens (tertiary/aromatic N) is 1. The van der Waals surface area contributed by atoms with Crippen molar-refractivity contribution in [3.05, 3.63) is 0 Å². The molecule has 4 nitrogen and oxygen atoms in total. The summed E-state index contributed by atoms with van der Waals surface area (Å²) >= 11 is 0. The highest BCUT2D eigenvalue weighted by atomic mass is 16.5. The van der Waals surface area contributed by atoms with E-state index < -0.39 is 0 Å². The number of nitrogens with one attached hydrogen (secondary N) is 1. The predicted molar refractivity (Wildman–Crippen MR) is 70.3 cm³/mol. The van der Waals surface area contributed by atoms with Crippen molar-refractivity contribution in [1.82, 2.24) is 10.2 Å². The van der Waals surface area contributed by atoms with Crippen molar-refractivity contribution in [2.24, 2.45) is 0 Å². The SMILES string of the molecule is CCCOC1CCCN(CCC(CO)NC)C1. The maximum absolute atomic E-state index is 9.12. The Balaban J connectivity index is 2.19. The molecule has 4 heteroatoms. The maximum Gasteiger partial charge on any atom is 0.0702 e. The molecule has 1 rings (SSSR count). The lowest BCUT2D eigenvalue weighted by Crippen LogP contribution is -2.42. The second-order valence-corrected chi connectivity index (χ2v) is 4.89. The summed E-state index contributed by atoms with van der Waals surface area (Å²) in [6.45, 7) is 6.54. The van der Waals surface area contributed by atoms with E-state index in [-0.39, 0.29) is 12.6 Å². The van der Waals surface area contributed by atoms with Gasteiger partial charge in [0.25, 0.3) is 0 Å². The third-order valence-corrected chi connectivity index (χ3v) is 3.44. The summed E-state index contributed by atoms with van der Waals surface area (Å²) in [5, 5.41) is 12.2. The molecule has 2 N–H and O–H groups in total. The monoisotopic (exact) mass is 244 g/mol. The molecule has 1 aliphatic rings. The van der Waals surface area contributed by atoms with Gasteiger partial charge in [-0.1, -0.05) is 6.92 Å². The number of aliphatic hydroxyl groups excluding tert-OH is 1. The van der Waals surface area contributed by atoms with E-state index in [4.69, 9.17) is 9.84 Å². The van der Waals surface area contributed by atoms with Gasteiger partial charge in [0.2, 0.25) is 0 Å². The average Bonchev–Trinajstić information content (AvgIpc) is 2.38. The molecule has 0 spiro atoms. The number of likely N-dealkylation sites (N-methyl/N-ethyl adjacent to an activating group) is 1. The number of hydrogen-bond acceptors (Lipinski definition) is 4. The number of likely N-dealkylation sites (tertiary alicyclic amines) is 1. The highest BCUT2D eigenvalue weighted by molar-refractivity contribution is 4.75. The van der Waals surface area contributed by atoms with Crippen molar-refractivity contribution in [1.29, 1.82) is 0 Å². The van der Waals surface area contributed by atoms with Crippen LogP contribution in [0.25, 0.3) is 0 Å². The molecule has 0 amide bonds. The predicted octanol–water partition coefficient (Wildman–Crippen LogP) is 0.848. The zero-order valence-electron chi connectivity index (χ0n) is 11.3. The molecule has 2 atom stereocenters. The van der Waals surface area contributed by atoms with Crippen LogP contribution < -0.4 is 5.32 Å². The first-order valence-electron chi connectivity index (χ1n) is 6.92. The van der Waals surface area contributed by atoms with Crippen LogP contribution in [-0.4, -0.2) is 62.0 Å². The van der Waals surface area contributed by atoms with Crippen LogP contribution in [0.15, 0.2) is 0 Å². The molecule has 0 aromatic carbocycles. The lowest BCUT2D eigenvalue weighted by molar-refractivity contribution is -0.00117. The minimum absolute atomic E-state index is 0.222. The smallest absolute Gasteiger partial charge is 0.0702 e. The standard InChI is InChI=1S/C13H28N2O2/c1-3-9-17-13-5-4-7-15(10-13)8-6-12(11-16)14-2/h12-14,16H,3-11H2,1-2H3. The summed E-state index contributed by atoms with van der Waals surface area (Å²) in [5.74, 6) is 0. The van der Waals surface area contributed by atoms with Gasteiger partial charge in [-0.05, 0) is 45.8 Å². The van der Waals surface area contributed by atoms with Crippen LogP contribution in [0.3, 0.4) is 0 Å². The molecule has 0 saturated carbocycles. The van der Waals surface area contributed by atoms with Crippen molar-refractivity contribution >= 4 is 0 Å². The maximum atomic E-state index is 9.12. The van der Waals surface area contributed by atoms with Gasteiger partial charge < -0.3 is 20.1 Å². The van der Waals surface area contributed by atoms with Gasteiger partial charge in [-0.2, -0.15) is 0 Å². The number of hydrogen-bond donors (Lipinski definition) is 2. The van der Waals surface area contributed by atoms with Crippen molar-refractivity contribution in [2.75, 3.05) is 39.9 Å². The summed E-state index contributed by atoms with van der Waals surface area (Å²) < 4.78 is 5.82. The molecule has 102 valence electrons. The summed E-state index contributed by atoms with van der Waals surface area (Å²) in [5.41, 5.74) is 0. The van der Waals surface area contributed by atoms with Crippen molar-refractivity contribution in [2.45, 2.75) is 44.8 Å². The summed E-state index contributed by atoms with van der Waals surface area (Å²) in [6.07, 6.45) is 4.96. The van der Waals surface area contributed by atoms with Crippen LogP contribution in [0.1, 0.15) is 32.6 Å². The van der Waals surface area contributed by atoms with E-state index in [0.717, 1.165) is 32.5 Å². The summed E-state index contributed by atoms with van der Waals surface area (Å²) in [6, 6.07) is 0.229. The molecule has 0 bridgehead atoms. The highest BCUT2D eigenvalue weighted by Gasteiger charge is 2.20. The molecule has 0 aliphatic carbocycles. The van der Waals surface area contributed by atoms with E-state index in [1.165, 1.54) is 19.4 Å². The molecule has 0 aromatic heterocycles. The molecular weight excluding hydrogens is 216 g/mol. The Morgan fingerprint density at radius 3 is 3.00 bits per heavy atom. The second-order valence-electron chi connectivity index (χ2n) is 4.89. The Morgan fingerprint density at radius 1 is 1.53 bits per heavy atom. The number of aliphatic hydroxyl groups is 1. The van der Waals surface area contributed by atoms with E-state index in [0.29, 0.717) is 6.10 Å². The number of ether oxygens (including phenoxy) is 1. The van der Waals surface area contributed by atoms with Crippen LogP contribution in [0.5, 0.6) is 0 Å². The molecule has 0 radical (unpaired) electrons. The zero-order valence-corrected chi connectivity index (χ0v) is 11.3. The van der Waals surface area contributed by atoms with Gasteiger partial charge in [0.05, 0.1) is 12.7 Å². The fraction of sp³-hybridized carbons (Fsp3) is 1.00. The quantitative estimate of drug-likeness (QED) is 0.664.